The van der Waals surface area contributed by atoms with Gasteiger partial charge in [0.15, 0.2) is 0 Å². The van der Waals surface area contributed by atoms with E-state index in [1.165, 1.54) is 17.4 Å². The highest BCUT2D eigenvalue weighted by Crippen LogP contribution is 2.34. The summed E-state index contributed by atoms with van der Waals surface area (Å²) in [4.78, 5) is 40.7. The van der Waals surface area contributed by atoms with Gasteiger partial charge in [0.05, 0.1) is 16.4 Å². The van der Waals surface area contributed by atoms with Crippen LogP contribution in [0.2, 0.25) is 0 Å². The second-order valence-corrected chi connectivity index (χ2v) is 10.3. The summed E-state index contributed by atoms with van der Waals surface area (Å²) in [5, 5.41) is 4.02. The number of thiophene rings is 1. The van der Waals surface area contributed by atoms with Gasteiger partial charge in [-0.1, -0.05) is 25.3 Å². The molecule has 4 aromatic heterocycles. The number of H-pyrrole nitrogens is 1. The molecule has 2 amide bonds. The van der Waals surface area contributed by atoms with Gasteiger partial charge in [-0.05, 0) is 60.4 Å². The number of nitrogens with one attached hydrogen (secondary N) is 2. The Morgan fingerprint density at radius 3 is 2.79 bits per heavy atom. The van der Waals surface area contributed by atoms with Crippen LogP contribution in [-0.2, 0) is 4.79 Å². The summed E-state index contributed by atoms with van der Waals surface area (Å²) >= 11 is 1.35. The number of rotatable bonds is 5. The number of nitrogens with zero attached hydrogens (tertiary/aromatic N) is 4. The summed E-state index contributed by atoms with van der Waals surface area (Å²) in [7, 11) is 0. The average molecular weight is 523 g/mol. The lowest BCUT2D eigenvalue weighted by atomic mass is 10.1. The van der Waals surface area contributed by atoms with Gasteiger partial charge in [0, 0.05) is 43.4 Å². The number of aromatic amines is 1. The quantitative estimate of drug-likeness (QED) is 0.338. The van der Waals surface area contributed by atoms with Crippen molar-refractivity contribution in [2.75, 3.05) is 13.1 Å². The van der Waals surface area contributed by atoms with Gasteiger partial charge in [0.1, 0.15) is 15.2 Å². The Kier molecular flexibility index (Phi) is 6.13. The van der Waals surface area contributed by atoms with Crippen LogP contribution in [0.15, 0.2) is 73.7 Å². The summed E-state index contributed by atoms with van der Waals surface area (Å²) in [5.41, 5.74) is 5.36. The number of amides is 2. The van der Waals surface area contributed by atoms with E-state index >= 15 is 0 Å². The molecular formula is C29H26N6O2S. The number of aromatic nitrogens is 4. The molecule has 0 aliphatic carbocycles. The molecule has 2 N–H and O–H groups in total. The number of hydrogen-bond donors (Lipinski definition) is 2. The second-order valence-electron chi connectivity index (χ2n) is 9.31. The first kappa shape index (κ1) is 23.9. The van der Waals surface area contributed by atoms with Crippen molar-refractivity contribution in [3.05, 3.63) is 84.1 Å². The Morgan fingerprint density at radius 2 is 1.97 bits per heavy atom. The molecule has 1 atom stereocenters. The zero-order chi connectivity index (χ0) is 26.2. The lowest BCUT2D eigenvalue weighted by molar-refractivity contribution is -0.127. The highest BCUT2D eigenvalue weighted by molar-refractivity contribution is 7.21. The molecule has 9 heteroatoms. The predicted octanol–water partition coefficient (Wildman–Crippen LogP) is 4.23. The van der Waals surface area contributed by atoms with Crippen molar-refractivity contribution < 1.29 is 9.59 Å². The van der Waals surface area contributed by atoms with Crippen molar-refractivity contribution >= 4 is 51.0 Å². The number of pyridine rings is 2. The van der Waals surface area contributed by atoms with Gasteiger partial charge in [-0.15, -0.1) is 11.3 Å². The third-order valence-electron chi connectivity index (χ3n) is 6.92. The van der Waals surface area contributed by atoms with E-state index in [0.717, 1.165) is 45.4 Å². The Morgan fingerprint density at radius 1 is 1.13 bits per heavy atom. The molecule has 1 aromatic carbocycles. The second kappa shape index (κ2) is 9.75. The lowest BCUT2D eigenvalue weighted by Crippen LogP contribution is -2.49. The van der Waals surface area contributed by atoms with Gasteiger partial charge >= 0.3 is 0 Å². The van der Waals surface area contributed by atoms with Crippen LogP contribution >= 0.6 is 11.3 Å². The van der Waals surface area contributed by atoms with Crippen LogP contribution in [-0.4, -0.2) is 55.4 Å². The smallest absolute Gasteiger partial charge is 0.263 e. The largest absolute Gasteiger partial charge is 0.347 e. The molecule has 1 saturated heterocycles. The van der Waals surface area contributed by atoms with Gasteiger partial charge < -0.3 is 15.2 Å². The summed E-state index contributed by atoms with van der Waals surface area (Å²) in [5.74, 6) is -0.291. The van der Waals surface area contributed by atoms with Crippen LogP contribution in [0.4, 0.5) is 0 Å². The van der Waals surface area contributed by atoms with E-state index in [4.69, 9.17) is 0 Å². The molecule has 1 aliphatic rings. The van der Waals surface area contributed by atoms with Gasteiger partial charge in [0.2, 0.25) is 5.91 Å². The molecule has 1 aliphatic heterocycles. The number of likely N-dealkylation sites (tertiary alicyclic amines) is 1. The van der Waals surface area contributed by atoms with Crippen LogP contribution in [0.1, 0.15) is 22.5 Å². The Labute approximate surface area is 223 Å². The first-order chi connectivity index (χ1) is 18.5. The van der Waals surface area contributed by atoms with Crippen LogP contribution < -0.4 is 10.8 Å². The van der Waals surface area contributed by atoms with Crippen LogP contribution in [0.5, 0.6) is 0 Å². The first-order valence-electron chi connectivity index (χ1n) is 12.4. The molecule has 0 spiro atoms. The molecule has 5 heterocycles. The molecule has 1 unspecified atom stereocenters. The maximum Gasteiger partial charge on any atom is 0.263 e. The Bertz CT molecular complexity index is 1750. The van der Waals surface area contributed by atoms with Crippen molar-refractivity contribution in [3.63, 3.8) is 0 Å². The summed E-state index contributed by atoms with van der Waals surface area (Å²) in [6.07, 6.45) is 8.29. The van der Waals surface area contributed by atoms with Crippen LogP contribution in [0.25, 0.3) is 44.6 Å². The number of carbonyl (C=O) groups is 2. The molecule has 0 radical (unpaired) electrons. The Hall–Kier alpha value is -4.50. The van der Waals surface area contributed by atoms with E-state index in [-0.39, 0.29) is 17.9 Å². The molecule has 0 bridgehead atoms. The topological polar surface area (TPSA) is 95.9 Å². The summed E-state index contributed by atoms with van der Waals surface area (Å²) < 4.78 is 2.05. The minimum atomic E-state index is -0.180. The normalized spacial score (nSPS) is 15.6. The van der Waals surface area contributed by atoms with Crippen molar-refractivity contribution in [1.29, 1.82) is 0 Å². The molecule has 6 rings (SSSR count). The van der Waals surface area contributed by atoms with Gasteiger partial charge in [-0.2, -0.15) is 0 Å². The zero-order valence-electron chi connectivity index (χ0n) is 20.7. The van der Waals surface area contributed by atoms with E-state index in [1.54, 1.807) is 23.5 Å². The maximum atomic E-state index is 13.5. The number of piperidine rings is 1. The van der Waals surface area contributed by atoms with Crippen LogP contribution in [0.3, 0.4) is 0 Å². The fourth-order valence-corrected chi connectivity index (χ4v) is 6.18. The molecule has 0 saturated carbocycles. The standard InChI is InChI=1S/C29H26N6O2S/c1-3-24(36)34-15-5-7-21(17-34)33-28(37)27-26-25-23(11-14-31-29(25)38-27)35(18(2)32-26)22-8-4-6-20(16-22)19-9-12-30-13-10-19/h3-4,6,8-14,16,21,32H,1-2,5,7,15,17H2,(H,33,37). The summed E-state index contributed by atoms with van der Waals surface area (Å²) in [6.45, 7) is 9.03. The van der Waals surface area contributed by atoms with Gasteiger partial charge in [0.25, 0.3) is 5.91 Å². The molecular weight excluding hydrogens is 496 g/mol. The first-order valence-corrected chi connectivity index (χ1v) is 13.3. The highest BCUT2D eigenvalue weighted by Gasteiger charge is 2.26. The van der Waals surface area contributed by atoms with Crippen LogP contribution in [0, 0.1) is 0 Å². The van der Waals surface area contributed by atoms with E-state index in [9.17, 15) is 9.59 Å². The maximum absolute atomic E-state index is 13.5. The van der Waals surface area contributed by atoms with Crippen molar-refractivity contribution in [1.82, 2.24) is 29.7 Å². The fourth-order valence-electron chi connectivity index (χ4n) is 5.16. The third kappa shape index (κ3) is 4.20. The number of carbonyl (C=O) groups excluding carboxylic acids is 2. The van der Waals surface area contributed by atoms with Gasteiger partial charge in [-0.25, -0.2) is 4.98 Å². The monoisotopic (exact) mass is 522 g/mol. The van der Waals surface area contributed by atoms with Crippen molar-refractivity contribution in [2.45, 2.75) is 18.9 Å². The summed E-state index contributed by atoms with van der Waals surface area (Å²) in [6, 6.07) is 14.0. The molecule has 5 aromatic rings. The third-order valence-corrected chi connectivity index (χ3v) is 8.01. The van der Waals surface area contributed by atoms with E-state index in [1.807, 2.05) is 30.3 Å². The van der Waals surface area contributed by atoms with E-state index in [2.05, 4.69) is 50.1 Å². The average Bonchev–Trinajstić information content (AvgIpc) is 3.33. The van der Waals surface area contributed by atoms with Crippen molar-refractivity contribution in [3.8, 4) is 16.8 Å². The number of hydrogen-bond acceptors (Lipinski definition) is 5. The minimum Gasteiger partial charge on any atom is -0.347 e. The lowest BCUT2D eigenvalue weighted by Gasteiger charge is -2.32. The molecule has 8 nitrogen and oxygen atoms in total. The Balaban J connectivity index is 1.39. The molecule has 190 valence electrons. The fraction of sp³-hybridized carbons (Fsp3) is 0.172. The zero-order valence-corrected chi connectivity index (χ0v) is 21.5. The SMILES string of the molecule is C=CC(=O)N1CCCC(NC(=O)c2sc3nccc4c3c2[nH]c(=C)n4-c2cccc(-c3ccncc3)c2)C1. The molecule has 38 heavy (non-hydrogen) atoms. The minimum absolute atomic E-state index is 0.110. The van der Waals surface area contributed by atoms with Crippen molar-refractivity contribution in [2.24, 2.45) is 0 Å². The molecule has 1 fully saturated rings. The van der Waals surface area contributed by atoms with E-state index in [0.29, 0.717) is 29.0 Å². The highest BCUT2D eigenvalue weighted by atomic mass is 32.1. The van der Waals surface area contributed by atoms with Gasteiger partial charge in [-0.3, -0.25) is 19.1 Å². The van der Waals surface area contributed by atoms with E-state index < -0.39 is 0 Å². The number of benzene rings is 1. The predicted molar refractivity (Wildman–Crippen MR) is 151 cm³/mol.